The summed E-state index contributed by atoms with van der Waals surface area (Å²) in [5.74, 6) is 0.909. The Morgan fingerprint density at radius 3 is 2.32 bits per heavy atom. The van der Waals surface area contributed by atoms with Crippen molar-refractivity contribution in [1.82, 2.24) is 23.5 Å². The van der Waals surface area contributed by atoms with Crippen LogP contribution in [-0.4, -0.2) is 39.0 Å². The number of methoxy groups -OCH3 is 1. The lowest BCUT2D eigenvalue weighted by atomic mass is 10.1. The van der Waals surface area contributed by atoms with Crippen LogP contribution in [0.15, 0.2) is 72.0 Å². The van der Waals surface area contributed by atoms with E-state index < -0.39 is 15.6 Å². The van der Waals surface area contributed by atoms with Gasteiger partial charge in [0.05, 0.1) is 29.6 Å². The highest BCUT2D eigenvalue weighted by atomic mass is 32.2. The van der Waals surface area contributed by atoms with Gasteiger partial charge in [-0.15, -0.1) is 0 Å². The summed E-state index contributed by atoms with van der Waals surface area (Å²) in [6.07, 6.45) is 4.45. The minimum atomic E-state index is -3.98. The van der Waals surface area contributed by atoms with Crippen LogP contribution < -0.4 is 10.3 Å². The first-order valence-electron chi connectivity index (χ1n) is 11.5. The molecule has 188 valence electrons. The molecule has 0 spiro atoms. The quantitative estimate of drug-likeness (QED) is 0.337. The maximum absolute atomic E-state index is 13.8. The first-order valence-corrected chi connectivity index (χ1v) is 13.2. The van der Waals surface area contributed by atoms with Crippen LogP contribution in [0.1, 0.15) is 22.5 Å². The first-order chi connectivity index (χ1) is 17.7. The summed E-state index contributed by atoms with van der Waals surface area (Å²) < 4.78 is 35.5. The Kier molecular flexibility index (Phi) is 6.12. The van der Waals surface area contributed by atoms with Crippen molar-refractivity contribution in [2.45, 2.75) is 26.5 Å². The monoisotopic (exact) mass is 515 g/mol. The number of aromatic nitrogens is 5. The maximum atomic E-state index is 13.8. The van der Waals surface area contributed by atoms with E-state index >= 15 is 0 Å². The van der Waals surface area contributed by atoms with Crippen LogP contribution in [0.4, 0.5) is 0 Å². The van der Waals surface area contributed by atoms with Crippen molar-refractivity contribution < 1.29 is 13.2 Å². The van der Waals surface area contributed by atoms with Crippen molar-refractivity contribution in [2.75, 3.05) is 7.11 Å². The van der Waals surface area contributed by atoms with Crippen LogP contribution in [0.2, 0.25) is 0 Å². The Labute approximate surface area is 214 Å². The van der Waals surface area contributed by atoms with Crippen molar-refractivity contribution in [1.29, 1.82) is 0 Å². The predicted octanol–water partition coefficient (Wildman–Crippen LogP) is 3.96. The van der Waals surface area contributed by atoms with Gasteiger partial charge in [-0.25, -0.2) is 27.3 Å². The van der Waals surface area contributed by atoms with Crippen LogP contribution in [0.25, 0.3) is 28.0 Å². The molecule has 0 aliphatic carbocycles. The van der Waals surface area contributed by atoms with Gasteiger partial charge in [-0.05, 0) is 44.0 Å². The van der Waals surface area contributed by atoms with Gasteiger partial charge < -0.3 is 4.74 Å². The molecular formula is C27H25N5O4S. The van der Waals surface area contributed by atoms with E-state index in [4.69, 9.17) is 4.74 Å². The van der Waals surface area contributed by atoms with Crippen LogP contribution in [-0.2, 0) is 15.8 Å². The summed E-state index contributed by atoms with van der Waals surface area (Å²) in [6.45, 7) is 5.50. The largest absolute Gasteiger partial charge is 0.496 e. The highest BCUT2D eigenvalue weighted by Gasteiger charge is 2.26. The summed E-state index contributed by atoms with van der Waals surface area (Å²) in [5.41, 5.74) is 3.26. The smallest absolute Gasteiger partial charge is 0.267 e. The molecule has 5 rings (SSSR count). The number of ether oxygens (including phenoxy) is 1. The standard InChI is InChI=1S/C27H25N5O4S/c1-17-10-11-24(36-4)18(2)25(17)31-16-30-26-22(27(31)33)12-23(21-13-28-19(3)29-14-21)32(26)37(34,35)15-20-8-6-5-7-9-20/h5-14,16H,15H2,1-4H3. The molecule has 3 aromatic heterocycles. The highest BCUT2D eigenvalue weighted by molar-refractivity contribution is 7.89. The number of fused-ring (bicyclic) bond motifs is 1. The van der Waals surface area contributed by atoms with Gasteiger partial charge in [-0.2, -0.15) is 0 Å². The van der Waals surface area contributed by atoms with Crippen LogP contribution in [0.3, 0.4) is 0 Å². The van der Waals surface area contributed by atoms with Crippen molar-refractivity contribution >= 4 is 21.1 Å². The first kappa shape index (κ1) is 24.4. The molecule has 0 aliphatic heterocycles. The average Bonchev–Trinajstić information content (AvgIpc) is 3.28. The summed E-state index contributed by atoms with van der Waals surface area (Å²) in [4.78, 5) is 26.8. The fraction of sp³-hybridized carbons (Fsp3) is 0.185. The molecule has 0 saturated carbocycles. The fourth-order valence-corrected chi connectivity index (χ4v) is 6.09. The van der Waals surface area contributed by atoms with Gasteiger partial charge in [-0.1, -0.05) is 36.4 Å². The van der Waals surface area contributed by atoms with E-state index in [1.165, 1.54) is 10.9 Å². The minimum absolute atomic E-state index is 0.0472. The van der Waals surface area contributed by atoms with Gasteiger partial charge in [-0.3, -0.25) is 9.36 Å². The van der Waals surface area contributed by atoms with E-state index in [0.717, 1.165) is 15.1 Å². The van der Waals surface area contributed by atoms with E-state index in [1.54, 1.807) is 56.8 Å². The molecule has 2 aromatic carbocycles. The molecule has 0 saturated heterocycles. The van der Waals surface area contributed by atoms with E-state index in [-0.39, 0.29) is 22.5 Å². The molecule has 0 N–H and O–H groups in total. The zero-order valence-electron chi connectivity index (χ0n) is 20.8. The number of benzene rings is 2. The second-order valence-corrected chi connectivity index (χ2v) is 10.6. The van der Waals surface area contributed by atoms with Crippen LogP contribution >= 0.6 is 0 Å². The molecule has 0 amide bonds. The summed E-state index contributed by atoms with van der Waals surface area (Å²) in [7, 11) is -2.41. The van der Waals surface area contributed by atoms with E-state index in [2.05, 4.69) is 15.0 Å². The summed E-state index contributed by atoms with van der Waals surface area (Å²) >= 11 is 0. The number of rotatable bonds is 6. The van der Waals surface area contributed by atoms with Crippen LogP contribution in [0, 0.1) is 20.8 Å². The minimum Gasteiger partial charge on any atom is -0.496 e. The van der Waals surface area contributed by atoms with Gasteiger partial charge in [0, 0.05) is 23.5 Å². The van der Waals surface area contributed by atoms with Crippen molar-refractivity contribution in [3.63, 3.8) is 0 Å². The Balaban J connectivity index is 1.79. The lowest BCUT2D eigenvalue weighted by Gasteiger charge is -2.15. The fourth-order valence-electron chi connectivity index (χ4n) is 4.48. The zero-order valence-corrected chi connectivity index (χ0v) is 21.7. The number of hydrogen-bond donors (Lipinski definition) is 0. The summed E-state index contributed by atoms with van der Waals surface area (Å²) in [5, 5.41) is 0.163. The molecule has 10 heteroatoms. The molecule has 3 heterocycles. The van der Waals surface area contributed by atoms with E-state index in [1.807, 2.05) is 32.0 Å². The topological polar surface area (TPSA) is 109 Å². The predicted molar refractivity (Wildman–Crippen MR) is 142 cm³/mol. The average molecular weight is 516 g/mol. The Bertz CT molecular complexity index is 1790. The van der Waals surface area contributed by atoms with Crippen molar-refractivity contribution in [2.24, 2.45) is 0 Å². The van der Waals surface area contributed by atoms with Gasteiger partial charge in [0.2, 0.25) is 10.0 Å². The maximum Gasteiger partial charge on any atom is 0.267 e. The molecule has 0 unspecified atom stereocenters. The van der Waals surface area contributed by atoms with Gasteiger partial charge >= 0.3 is 0 Å². The SMILES string of the molecule is COc1ccc(C)c(-n2cnc3c(cc(-c4cnc(C)nc4)n3S(=O)(=O)Cc3ccccc3)c2=O)c1C. The molecule has 0 atom stereocenters. The van der Waals surface area contributed by atoms with Crippen molar-refractivity contribution in [3.8, 4) is 22.7 Å². The lowest BCUT2D eigenvalue weighted by Crippen LogP contribution is -2.22. The van der Waals surface area contributed by atoms with E-state index in [9.17, 15) is 13.2 Å². The number of aryl methyl sites for hydroxylation is 2. The summed E-state index contributed by atoms with van der Waals surface area (Å²) in [6, 6.07) is 14.1. The molecule has 0 aliphatic rings. The highest BCUT2D eigenvalue weighted by Crippen LogP contribution is 2.30. The van der Waals surface area contributed by atoms with Gasteiger partial charge in [0.15, 0.2) is 5.65 Å². The molecular weight excluding hydrogens is 490 g/mol. The lowest BCUT2D eigenvalue weighted by molar-refractivity contribution is 0.411. The second kappa shape index (κ2) is 9.29. The zero-order chi connectivity index (χ0) is 26.3. The Morgan fingerprint density at radius 2 is 1.65 bits per heavy atom. The third-order valence-electron chi connectivity index (χ3n) is 6.27. The molecule has 0 fully saturated rings. The van der Waals surface area contributed by atoms with E-state index in [0.29, 0.717) is 28.4 Å². The normalized spacial score (nSPS) is 11.7. The third kappa shape index (κ3) is 4.29. The molecule has 9 nitrogen and oxygen atoms in total. The number of nitrogens with zero attached hydrogens (tertiary/aromatic N) is 5. The van der Waals surface area contributed by atoms with Crippen LogP contribution in [0.5, 0.6) is 5.75 Å². The molecule has 37 heavy (non-hydrogen) atoms. The number of hydrogen-bond acceptors (Lipinski definition) is 7. The molecule has 5 aromatic rings. The Morgan fingerprint density at radius 1 is 0.946 bits per heavy atom. The van der Waals surface area contributed by atoms with Gasteiger partial charge in [0.25, 0.3) is 5.56 Å². The van der Waals surface area contributed by atoms with Crippen molar-refractivity contribution in [3.05, 3.63) is 100 Å². The third-order valence-corrected chi connectivity index (χ3v) is 7.89. The molecule has 0 radical (unpaired) electrons. The Hall–Kier alpha value is -4.31. The molecule has 0 bridgehead atoms. The second-order valence-electron chi connectivity index (χ2n) is 8.77. The van der Waals surface area contributed by atoms with Gasteiger partial charge in [0.1, 0.15) is 17.9 Å².